The minimum Gasteiger partial charge on any atom is -0.385 e. The molecule has 1 aliphatic rings. The van der Waals surface area contributed by atoms with Crippen molar-refractivity contribution in [3.63, 3.8) is 0 Å². The van der Waals surface area contributed by atoms with Crippen LogP contribution in [0.4, 0.5) is 0 Å². The number of aliphatic imine (C=N–C) groups is 2. The molecule has 1 N–H and O–H groups in total. The topological polar surface area (TPSA) is 55.2 Å². The van der Waals surface area contributed by atoms with E-state index in [0.29, 0.717) is 18.4 Å². The predicted octanol–water partition coefficient (Wildman–Crippen LogP) is 2.19. The quantitative estimate of drug-likeness (QED) is 0.697. The molecule has 0 saturated carbocycles. The van der Waals surface area contributed by atoms with Gasteiger partial charge in [0.05, 0.1) is 12.6 Å². The highest BCUT2D eigenvalue weighted by molar-refractivity contribution is 6.66. The molecule has 1 aliphatic heterocycles. The van der Waals surface area contributed by atoms with Gasteiger partial charge in [-0.3, -0.25) is 9.98 Å². The average Bonchev–Trinajstić information content (AvgIpc) is 2.42. The predicted molar refractivity (Wildman–Crippen MR) is 79.3 cm³/mol. The highest BCUT2D eigenvalue weighted by Gasteiger charge is 2.22. The Hall–Kier alpha value is -0.650. The third-order valence-corrected chi connectivity index (χ3v) is 3.30. The molecule has 0 aromatic heterocycles. The SMILES string of the molecule is CCCCC(CCOC)N=C1NC(Cl)=NCC1OC. The summed E-state index contributed by atoms with van der Waals surface area (Å²) in [5.74, 6) is 0.778. The number of hydrogen-bond donors (Lipinski definition) is 1. The van der Waals surface area contributed by atoms with Crippen LogP contribution in [0.1, 0.15) is 32.6 Å². The molecule has 1 heterocycles. The van der Waals surface area contributed by atoms with Gasteiger partial charge in [0.1, 0.15) is 11.9 Å². The van der Waals surface area contributed by atoms with Crippen molar-refractivity contribution in [3.8, 4) is 0 Å². The van der Waals surface area contributed by atoms with Crippen molar-refractivity contribution in [2.24, 2.45) is 9.98 Å². The smallest absolute Gasteiger partial charge is 0.196 e. The van der Waals surface area contributed by atoms with Gasteiger partial charge in [-0.25, -0.2) is 0 Å². The van der Waals surface area contributed by atoms with Crippen LogP contribution in [0.5, 0.6) is 0 Å². The lowest BCUT2D eigenvalue weighted by Gasteiger charge is -2.23. The minimum absolute atomic E-state index is 0.130. The minimum atomic E-state index is -0.130. The van der Waals surface area contributed by atoms with Crippen LogP contribution in [0.15, 0.2) is 9.98 Å². The van der Waals surface area contributed by atoms with Crippen LogP contribution >= 0.6 is 11.6 Å². The summed E-state index contributed by atoms with van der Waals surface area (Å²) in [4.78, 5) is 8.85. The monoisotopic (exact) mass is 289 g/mol. The molecule has 0 amide bonds. The van der Waals surface area contributed by atoms with Crippen LogP contribution in [-0.2, 0) is 9.47 Å². The van der Waals surface area contributed by atoms with Gasteiger partial charge in [0.2, 0.25) is 0 Å². The molecule has 0 aliphatic carbocycles. The van der Waals surface area contributed by atoms with Gasteiger partial charge in [-0.2, -0.15) is 0 Å². The fraction of sp³-hybridized carbons (Fsp3) is 0.846. The van der Waals surface area contributed by atoms with Crippen molar-refractivity contribution in [2.45, 2.75) is 44.8 Å². The first-order valence-corrected chi connectivity index (χ1v) is 7.15. The summed E-state index contributed by atoms with van der Waals surface area (Å²) in [5, 5.41) is 3.38. The van der Waals surface area contributed by atoms with Crippen molar-refractivity contribution >= 4 is 22.7 Å². The van der Waals surface area contributed by atoms with Crippen LogP contribution in [-0.4, -0.2) is 50.6 Å². The maximum atomic E-state index is 5.90. The summed E-state index contributed by atoms with van der Waals surface area (Å²) in [6, 6.07) is 0.239. The molecular weight excluding hydrogens is 266 g/mol. The van der Waals surface area contributed by atoms with Gasteiger partial charge in [-0.05, 0) is 24.4 Å². The normalized spacial score (nSPS) is 23.1. The van der Waals surface area contributed by atoms with Crippen LogP contribution < -0.4 is 5.32 Å². The second-order valence-electron chi connectivity index (χ2n) is 4.57. The van der Waals surface area contributed by atoms with E-state index in [0.717, 1.165) is 31.5 Å². The Morgan fingerprint density at radius 1 is 1.47 bits per heavy atom. The van der Waals surface area contributed by atoms with Crippen molar-refractivity contribution in [1.82, 2.24) is 5.32 Å². The average molecular weight is 290 g/mol. The molecule has 0 spiro atoms. The second-order valence-corrected chi connectivity index (χ2v) is 4.93. The highest BCUT2D eigenvalue weighted by atomic mass is 35.5. The Bertz CT molecular complexity index is 313. The number of ether oxygens (including phenoxy) is 2. The number of nitrogens with zero attached hydrogens (tertiary/aromatic N) is 2. The maximum Gasteiger partial charge on any atom is 0.196 e. The molecule has 2 unspecified atom stereocenters. The van der Waals surface area contributed by atoms with Crippen molar-refractivity contribution < 1.29 is 9.47 Å². The van der Waals surface area contributed by atoms with E-state index in [1.807, 2.05) is 0 Å². The lowest BCUT2D eigenvalue weighted by molar-refractivity contribution is 0.157. The first-order valence-electron chi connectivity index (χ1n) is 6.77. The third kappa shape index (κ3) is 5.89. The Balaban J connectivity index is 2.70. The second kappa shape index (κ2) is 9.28. The number of amidine groups is 2. The third-order valence-electron chi connectivity index (χ3n) is 3.08. The van der Waals surface area contributed by atoms with Gasteiger partial charge in [0, 0.05) is 20.8 Å². The van der Waals surface area contributed by atoms with E-state index in [9.17, 15) is 0 Å². The van der Waals surface area contributed by atoms with Gasteiger partial charge >= 0.3 is 0 Å². The van der Waals surface area contributed by atoms with E-state index < -0.39 is 0 Å². The molecular formula is C13H24ClN3O2. The van der Waals surface area contributed by atoms with E-state index in [4.69, 9.17) is 26.1 Å². The lowest BCUT2D eigenvalue weighted by Crippen LogP contribution is -2.44. The van der Waals surface area contributed by atoms with Crippen LogP contribution in [0.2, 0.25) is 0 Å². The van der Waals surface area contributed by atoms with E-state index in [1.165, 1.54) is 0 Å². The van der Waals surface area contributed by atoms with Crippen molar-refractivity contribution in [2.75, 3.05) is 27.4 Å². The molecule has 110 valence electrons. The first kappa shape index (κ1) is 16.4. The van der Waals surface area contributed by atoms with Gasteiger partial charge < -0.3 is 14.8 Å². The zero-order valence-corrected chi connectivity index (χ0v) is 12.7. The number of unbranched alkanes of at least 4 members (excludes halogenated alkanes) is 1. The molecule has 0 saturated heterocycles. The molecule has 2 atom stereocenters. The summed E-state index contributed by atoms with van der Waals surface area (Å²) in [7, 11) is 3.37. The van der Waals surface area contributed by atoms with Gasteiger partial charge in [0.25, 0.3) is 0 Å². The Kier molecular flexibility index (Phi) is 8.02. The molecule has 19 heavy (non-hydrogen) atoms. The maximum absolute atomic E-state index is 5.90. The Morgan fingerprint density at radius 3 is 2.89 bits per heavy atom. The first-order chi connectivity index (χ1) is 9.21. The molecule has 1 rings (SSSR count). The number of methoxy groups -OCH3 is 2. The van der Waals surface area contributed by atoms with Gasteiger partial charge in [-0.1, -0.05) is 19.8 Å². The molecule has 0 fully saturated rings. The van der Waals surface area contributed by atoms with E-state index in [2.05, 4.69) is 17.2 Å². The van der Waals surface area contributed by atoms with Crippen molar-refractivity contribution in [1.29, 1.82) is 0 Å². The fourth-order valence-electron chi connectivity index (χ4n) is 1.94. The van der Waals surface area contributed by atoms with Crippen molar-refractivity contribution in [3.05, 3.63) is 0 Å². The standard InChI is InChI=1S/C13H24ClN3O2/c1-4-5-6-10(7-8-18-2)16-12-11(19-3)9-15-13(14)17-12/h10-11H,4-9H2,1-3H3,(H,15,16,17). The zero-order valence-electron chi connectivity index (χ0n) is 12.0. The molecule has 6 heteroatoms. The van der Waals surface area contributed by atoms with Gasteiger partial charge in [0.15, 0.2) is 5.29 Å². The van der Waals surface area contributed by atoms with E-state index in [-0.39, 0.29) is 12.1 Å². The molecule has 0 bridgehead atoms. The highest BCUT2D eigenvalue weighted by Crippen LogP contribution is 2.12. The summed E-state index contributed by atoms with van der Waals surface area (Å²) in [6.07, 6.45) is 4.15. The molecule has 0 aromatic carbocycles. The number of hydrogen-bond acceptors (Lipinski definition) is 4. The van der Waals surface area contributed by atoms with Gasteiger partial charge in [-0.15, -0.1) is 0 Å². The number of halogens is 1. The lowest BCUT2D eigenvalue weighted by atomic mass is 10.1. The Labute approximate surface area is 120 Å². The number of rotatable bonds is 8. The fourth-order valence-corrected chi connectivity index (χ4v) is 2.11. The summed E-state index contributed by atoms with van der Waals surface area (Å²) in [5.41, 5.74) is 0. The summed E-state index contributed by atoms with van der Waals surface area (Å²) in [6.45, 7) is 3.41. The molecule has 0 radical (unpaired) electrons. The largest absolute Gasteiger partial charge is 0.385 e. The Morgan fingerprint density at radius 2 is 2.26 bits per heavy atom. The van der Waals surface area contributed by atoms with Crippen LogP contribution in [0.3, 0.4) is 0 Å². The molecule has 5 nitrogen and oxygen atoms in total. The summed E-state index contributed by atoms with van der Waals surface area (Å²) >= 11 is 5.90. The van der Waals surface area contributed by atoms with E-state index >= 15 is 0 Å². The summed E-state index contributed by atoms with van der Waals surface area (Å²) < 4.78 is 10.5. The molecule has 0 aromatic rings. The number of nitrogens with one attached hydrogen (secondary N) is 1. The van der Waals surface area contributed by atoms with E-state index in [1.54, 1.807) is 14.2 Å². The van der Waals surface area contributed by atoms with Crippen LogP contribution in [0.25, 0.3) is 0 Å². The van der Waals surface area contributed by atoms with Crippen LogP contribution in [0, 0.1) is 0 Å². The zero-order chi connectivity index (χ0) is 14.1.